The van der Waals surface area contributed by atoms with Gasteiger partial charge in [0.15, 0.2) is 0 Å². The van der Waals surface area contributed by atoms with Crippen LogP contribution in [-0.2, 0) is 6.42 Å². The molecule has 2 aliphatic heterocycles. The molecule has 0 N–H and O–H groups in total. The van der Waals surface area contributed by atoms with Crippen molar-refractivity contribution >= 4 is 10.9 Å². The summed E-state index contributed by atoms with van der Waals surface area (Å²) < 4.78 is 5.46. The zero-order valence-corrected chi connectivity index (χ0v) is 8.53. The van der Waals surface area contributed by atoms with Gasteiger partial charge in [0.1, 0.15) is 11.5 Å². The number of benzene rings is 1. The fourth-order valence-corrected chi connectivity index (χ4v) is 1.98. The smallest absolute Gasteiger partial charge is 0.129 e. The standard InChI is InChI=1S/C13H11NO/c1-2-12-13-10(7-8-15-12)9-5-3-4-6-11(9)14-13/h3-8H,2H2,1H3. The summed E-state index contributed by atoms with van der Waals surface area (Å²) in [6.07, 6.45) is 2.62. The molecule has 0 bridgehead atoms. The van der Waals surface area contributed by atoms with E-state index in [0.29, 0.717) is 0 Å². The van der Waals surface area contributed by atoms with Crippen molar-refractivity contribution in [3.63, 3.8) is 0 Å². The summed E-state index contributed by atoms with van der Waals surface area (Å²) in [7, 11) is 0. The Labute approximate surface area is 87.9 Å². The van der Waals surface area contributed by atoms with Crippen LogP contribution in [0.1, 0.15) is 12.7 Å². The number of aromatic nitrogens is 1. The molecule has 74 valence electrons. The van der Waals surface area contributed by atoms with E-state index in [1.807, 2.05) is 24.3 Å². The summed E-state index contributed by atoms with van der Waals surface area (Å²) >= 11 is 0. The highest BCUT2D eigenvalue weighted by molar-refractivity contribution is 5.97. The minimum absolute atomic E-state index is 0.876. The number of rotatable bonds is 1. The minimum Gasteiger partial charge on any atom is -0.467 e. The molecule has 0 atom stereocenters. The summed E-state index contributed by atoms with van der Waals surface area (Å²) in [5.41, 5.74) is 3.23. The van der Waals surface area contributed by atoms with Crippen LogP contribution in [-0.4, -0.2) is 4.98 Å². The predicted octanol–water partition coefficient (Wildman–Crippen LogP) is 3.50. The van der Waals surface area contributed by atoms with Crippen LogP contribution in [0.4, 0.5) is 0 Å². The lowest BCUT2D eigenvalue weighted by Crippen LogP contribution is -1.86. The average molecular weight is 197 g/mol. The second-order valence-corrected chi connectivity index (χ2v) is 3.59. The first-order chi connectivity index (χ1) is 7.40. The first kappa shape index (κ1) is 8.48. The lowest BCUT2D eigenvalue weighted by atomic mass is 10.1. The molecule has 1 aromatic carbocycles. The Balaban J connectivity index is 2.45. The fraction of sp³-hybridized carbons (Fsp3) is 0.154. The monoisotopic (exact) mass is 197 g/mol. The number of hydrogen-bond acceptors (Lipinski definition) is 2. The Kier molecular flexibility index (Phi) is 1.75. The van der Waals surface area contributed by atoms with Crippen LogP contribution in [0.15, 0.2) is 41.0 Å². The first-order valence-electron chi connectivity index (χ1n) is 5.15. The average Bonchev–Trinajstić information content (AvgIpc) is 2.67. The zero-order valence-electron chi connectivity index (χ0n) is 8.53. The molecular formula is C13H11NO. The Morgan fingerprint density at radius 3 is 2.93 bits per heavy atom. The molecule has 2 nitrogen and oxygen atoms in total. The molecule has 0 unspecified atom stereocenters. The van der Waals surface area contributed by atoms with Crippen molar-refractivity contribution in [2.24, 2.45) is 0 Å². The van der Waals surface area contributed by atoms with Gasteiger partial charge in [0, 0.05) is 17.4 Å². The molecule has 2 heteroatoms. The Morgan fingerprint density at radius 2 is 2.07 bits per heavy atom. The van der Waals surface area contributed by atoms with Crippen LogP contribution >= 0.6 is 0 Å². The van der Waals surface area contributed by atoms with Gasteiger partial charge in [0.2, 0.25) is 0 Å². The van der Waals surface area contributed by atoms with E-state index in [0.717, 1.165) is 23.4 Å². The van der Waals surface area contributed by atoms with E-state index in [1.54, 1.807) is 6.26 Å². The van der Waals surface area contributed by atoms with Crippen LogP contribution in [0.25, 0.3) is 22.2 Å². The van der Waals surface area contributed by atoms with Gasteiger partial charge >= 0.3 is 0 Å². The van der Waals surface area contributed by atoms with Gasteiger partial charge < -0.3 is 4.42 Å². The maximum Gasteiger partial charge on any atom is 0.129 e. The van der Waals surface area contributed by atoms with Crippen molar-refractivity contribution in [2.45, 2.75) is 13.3 Å². The predicted molar refractivity (Wildman–Crippen MR) is 60.0 cm³/mol. The van der Waals surface area contributed by atoms with E-state index in [4.69, 9.17) is 4.42 Å². The summed E-state index contributed by atoms with van der Waals surface area (Å²) in [6.45, 7) is 2.08. The maximum atomic E-state index is 5.46. The normalized spacial score (nSPS) is 11.3. The lowest BCUT2D eigenvalue weighted by Gasteiger charge is -2.01. The van der Waals surface area contributed by atoms with E-state index >= 15 is 0 Å². The lowest BCUT2D eigenvalue weighted by molar-refractivity contribution is 0.499. The zero-order chi connectivity index (χ0) is 10.3. The van der Waals surface area contributed by atoms with Gasteiger partial charge in [-0.3, -0.25) is 0 Å². The van der Waals surface area contributed by atoms with Crippen LogP contribution in [0, 0.1) is 0 Å². The van der Waals surface area contributed by atoms with Crippen LogP contribution in [0.5, 0.6) is 0 Å². The fourth-order valence-electron chi connectivity index (χ4n) is 1.98. The van der Waals surface area contributed by atoms with E-state index < -0.39 is 0 Å². The van der Waals surface area contributed by atoms with Gasteiger partial charge in [-0.2, -0.15) is 0 Å². The van der Waals surface area contributed by atoms with E-state index in [2.05, 4.69) is 18.0 Å². The van der Waals surface area contributed by atoms with Gasteiger partial charge in [-0.15, -0.1) is 0 Å². The number of aryl methyl sites for hydroxylation is 1. The second-order valence-electron chi connectivity index (χ2n) is 3.59. The summed E-state index contributed by atoms with van der Waals surface area (Å²) in [4.78, 5) is 4.59. The Morgan fingerprint density at radius 1 is 1.20 bits per heavy atom. The quantitative estimate of drug-likeness (QED) is 0.596. The summed E-state index contributed by atoms with van der Waals surface area (Å²) in [5.74, 6) is 0.962. The molecule has 0 radical (unpaired) electrons. The van der Waals surface area contributed by atoms with E-state index in [-0.39, 0.29) is 0 Å². The molecule has 0 saturated heterocycles. The first-order valence-corrected chi connectivity index (χ1v) is 5.15. The number of nitrogens with zero attached hydrogens (tertiary/aromatic N) is 1. The van der Waals surface area contributed by atoms with Crippen molar-refractivity contribution in [2.75, 3.05) is 0 Å². The SMILES string of the molecule is CCc1occc2c3ccccc3nc1-2. The van der Waals surface area contributed by atoms with E-state index in [9.17, 15) is 0 Å². The number of fused-ring (bicyclic) bond motifs is 3. The van der Waals surface area contributed by atoms with Gasteiger partial charge in [0.25, 0.3) is 0 Å². The highest BCUT2D eigenvalue weighted by atomic mass is 16.3. The van der Waals surface area contributed by atoms with Crippen LogP contribution < -0.4 is 0 Å². The third kappa shape index (κ3) is 1.14. The Hall–Kier alpha value is -1.83. The van der Waals surface area contributed by atoms with Crippen molar-refractivity contribution in [1.29, 1.82) is 0 Å². The molecule has 15 heavy (non-hydrogen) atoms. The molecule has 0 spiro atoms. The second kappa shape index (κ2) is 3.09. The molecule has 2 aliphatic rings. The van der Waals surface area contributed by atoms with Crippen LogP contribution in [0.3, 0.4) is 0 Å². The third-order valence-corrected chi connectivity index (χ3v) is 2.71. The maximum absolute atomic E-state index is 5.46. The third-order valence-electron chi connectivity index (χ3n) is 2.71. The molecule has 2 heterocycles. The molecule has 0 aliphatic carbocycles. The van der Waals surface area contributed by atoms with Gasteiger partial charge in [-0.25, -0.2) is 4.98 Å². The Bertz CT molecular complexity index is 582. The van der Waals surface area contributed by atoms with Gasteiger partial charge in [-0.1, -0.05) is 25.1 Å². The highest BCUT2D eigenvalue weighted by Crippen LogP contribution is 2.33. The highest BCUT2D eigenvalue weighted by Gasteiger charge is 2.15. The number of hydrogen-bond donors (Lipinski definition) is 0. The minimum atomic E-state index is 0.876. The molecule has 0 saturated carbocycles. The van der Waals surface area contributed by atoms with Crippen molar-refractivity contribution in [3.05, 3.63) is 42.4 Å². The molecular weight excluding hydrogens is 186 g/mol. The topological polar surface area (TPSA) is 26.0 Å². The molecule has 0 aromatic heterocycles. The largest absolute Gasteiger partial charge is 0.467 e. The number of para-hydroxylation sites is 1. The van der Waals surface area contributed by atoms with E-state index in [1.165, 1.54) is 10.9 Å². The van der Waals surface area contributed by atoms with Gasteiger partial charge in [0.05, 0.1) is 11.8 Å². The molecule has 0 amide bonds. The van der Waals surface area contributed by atoms with Gasteiger partial charge in [-0.05, 0) is 12.1 Å². The van der Waals surface area contributed by atoms with Crippen molar-refractivity contribution in [1.82, 2.24) is 4.98 Å². The van der Waals surface area contributed by atoms with Crippen LogP contribution in [0.2, 0.25) is 0 Å². The van der Waals surface area contributed by atoms with Crippen molar-refractivity contribution < 1.29 is 4.42 Å². The van der Waals surface area contributed by atoms with Crippen molar-refractivity contribution in [3.8, 4) is 11.3 Å². The summed E-state index contributed by atoms with van der Waals surface area (Å²) in [6, 6.07) is 10.2. The summed E-state index contributed by atoms with van der Waals surface area (Å²) in [5, 5.41) is 1.21. The molecule has 1 aromatic rings. The molecule has 3 rings (SSSR count). The molecule has 0 fully saturated rings.